The topological polar surface area (TPSA) is 76.9 Å². The van der Waals surface area contributed by atoms with E-state index < -0.39 is 0 Å². The number of aromatic nitrogens is 4. The fraction of sp³-hybridized carbons (Fsp3) is 0.462. The monoisotopic (exact) mass is 276 g/mol. The Morgan fingerprint density at radius 2 is 2.10 bits per heavy atom. The Labute approximate surface area is 118 Å². The third-order valence-electron chi connectivity index (χ3n) is 2.68. The predicted octanol–water partition coefficient (Wildman–Crippen LogP) is 1.40. The van der Waals surface area contributed by atoms with E-state index in [0.29, 0.717) is 25.6 Å². The van der Waals surface area contributed by atoms with Gasteiger partial charge in [-0.2, -0.15) is 5.10 Å². The maximum absolute atomic E-state index is 5.34. The van der Waals surface area contributed by atoms with E-state index in [-0.39, 0.29) is 0 Å². The first kappa shape index (κ1) is 14.3. The first-order valence-corrected chi connectivity index (χ1v) is 6.57. The highest BCUT2D eigenvalue weighted by Gasteiger charge is 2.05. The minimum atomic E-state index is 0.407. The molecule has 20 heavy (non-hydrogen) atoms. The molecule has 0 aliphatic rings. The second-order valence-corrected chi connectivity index (χ2v) is 4.28. The summed E-state index contributed by atoms with van der Waals surface area (Å²) in [5, 5.41) is 10.6. The van der Waals surface area contributed by atoms with E-state index in [1.807, 2.05) is 39.3 Å². The molecule has 0 aromatic carbocycles. The summed E-state index contributed by atoms with van der Waals surface area (Å²) in [6, 6.07) is 3.83. The number of aryl methyl sites for hydroxylation is 1. The van der Waals surface area contributed by atoms with Gasteiger partial charge in [0.05, 0.1) is 12.2 Å². The maximum atomic E-state index is 5.34. The van der Waals surface area contributed by atoms with Gasteiger partial charge >= 0.3 is 0 Å². The molecule has 0 atom stereocenters. The molecule has 0 saturated heterocycles. The molecule has 0 bridgehead atoms. The molecule has 7 nitrogen and oxygen atoms in total. The van der Waals surface area contributed by atoms with Gasteiger partial charge in [0.15, 0.2) is 5.82 Å². The summed E-state index contributed by atoms with van der Waals surface area (Å²) in [6.45, 7) is 3.62. The molecule has 2 aromatic rings. The Hall–Kier alpha value is -2.15. The van der Waals surface area contributed by atoms with Gasteiger partial charge in [-0.3, -0.25) is 4.68 Å². The number of hydrogen-bond acceptors (Lipinski definition) is 6. The van der Waals surface area contributed by atoms with Crippen molar-refractivity contribution in [3.63, 3.8) is 0 Å². The van der Waals surface area contributed by atoms with Gasteiger partial charge in [-0.05, 0) is 13.0 Å². The lowest BCUT2D eigenvalue weighted by Gasteiger charge is -2.09. The first-order chi connectivity index (χ1) is 9.71. The average Bonchev–Trinajstić information content (AvgIpc) is 2.88. The molecule has 7 heteroatoms. The summed E-state index contributed by atoms with van der Waals surface area (Å²) in [5.41, 5.74) is 0.962. The van der Waals surface area contributed by atoms with Gasteiger partial charge in [-0.15, -0.1) is 0 Å². The van der Waals surface area contributed by atoms with Crippen LogP contribution in [0.25, 0.3) is 0 Å². The Morgan fingerprint density at radius 1 is 1.30 bits per heavy atom. The van der Waals surface area contributed by atoms with E-state index in [2.05, 4.69) is 25.7 Å². The van der Waals surface area contributed by atoms with Crippen LogP contribution in [0.3, 0.4) is 0 Å². The van der Waals surface area contributed by atoms with Crippen LogP contribution in [0.5, 0.6) is 0 Å². The highest BCUT2D eigenvalue weighted by Crippen LogP contribution is 2.12. The molecule has 2 aromatic heterocycles. The van der Waals surface area contributed by atoms with E-state index in [4.69, 9.17) is 4.74 Å². The average molecular weight is 276 g/mol. The van der Waals surface area contributed by atoms with E-state index in [0.717, 1.165) is 17.3 Å². The number of nitrogens with zero attached hydrogens (tertiary/aromatic N) is 4. The fourth-order valence-electron chi connectivity index (χ4n) is 1.71. The van der Waals surface area contributed by atoms with Crippen molar-refractivity contribution in [2.75, 3.05) is 24.3 Å². The van der Waals surface area contributed by atoms with Crippen LogP contribution in [0, 0.1) is 0 Å². The second-order valence-electron chi connectivity index (χ2n) is 4.28. The lowest BCUT2D eigenvalue weighted by atomic mass is 10.4. The van der Waals surface area contributed by atoms with Crippen molar-refractivity contribution in [1.82, 2.24) is 19.7 Å². The van der Waals surface area contributed by atoms with Crippen LogP contribution in [-0.4, -0.2) is 33.4 Å². The number of hydrogen-bond donors (Lipinski definition) is 2. The van der Waals surface area contributed by atoms with Crippen molar-refractivity contribution in [3.05, 3.63) is 29.8 Å². The minimum Gasteiger partial charge on any atom is -0.374 e. The smallest absolute Gasteiger partial charge is 0.158 e. The van der Waals surface area contributed by atoms with Crippen LogP contribution in [0.2, 0.25) is 0 Å². The molecular formula is C13H20N6O. The van der Waals surface area contributed by atoms with Gasteiger partial charge in [-0.1, -0.05) is 0 Å². The van der Waals surface area contributed by atoms with Crippen molar-refractivity contribution < 1.29 is 4.74 Å². The van der Waals surface area contributed by atoms with Gasteiger partial charge in [0, 0.05) is 33.0 Å². The summed E-state index contributed by atoms with van der Waals surface area (Å²) in [5.74, 6) is 2.17. The van der Waals surface area contributed by atoms with Crippen molar-refractivity contribution in [2.45, 2.75) is 20.1 Å². The lowest BCUT2D eigenvalue weighted by Crippen LogP contribution is -2.08. The SMILES string of the molecule is CCOCc1nc(NC)cc(NCc2ccn(C)n2)n1. The van der Waals surface area contributed by atoms with Crippen LogP contribution < -0.4 is 10.6 Å². The van der Waals surface area contributed by atoms with E-state index in [1.165, 1.54) is 0 Å². The Morgan fingerprint density at radius 3 is 2.75 bits per heavy atom. The molecule has 0 spiro atoms. The van der Waals surface area contributed by atoms with E-state index >= 15 is 0 Å². The van der Waals surface area contributed by atoms with Gasteiger partial charge in [0.1, 0.15) is 18.2 Å². The molecule has 0 aliphatic carbocycles. The molecule has 108 valence electrons. The predicted molar refractivity (Wildman–Crippen MR) is 77.4 cm³/mol. The number of nitrogens with one attached hydrogen (secondary N) is 2. The molecular weight excluding hydrogens is 256 g/mol. The highest BCUT2D eigenvalue weighted by atomic mass is 16.5. The van der Waals surface area contributed by atoms with E-state index in [9.17, 15) is 0 Å². The summed E-state index contributed by atoms with van der Waals surface area (Å²) in [7, 11) is 3.73. The largest absolute Gasteiger partial charge is 0.374 e. The normalized spacial score (nSPS) is 10.6. The van der Waals surface area contributed by atoms with Crippen molar-refractivity contribution in [3.8, 4) is 0 Å². The summed E-state index contributed by atoms with van der Waals surface area (Å²) in [6.07, 6.45) is 1.91. The van der Waals surface area contributed by atoms with Crippen LogP contribution in [0.1, 0.15) is 18.4 Å². The Balaban J connectivity index is 2.05. The lowest BCUT2D eigenvalue weighted by molar-refractivity contribution is 0.128. The quantitative estimate of drug-likeness (QED) is 0.796. The zero-order chi connectivity index (χ0) is 14.4. The van der Waals surface area contributed by atoms with Gasteiger partial charge in [-0.25, -0.2) is 9.97 Å². The molecule has 0 fully saturated rings. The molecule has 0 saturated carbocycles. The highest BCUT2D eigenvalue weighted by molar-refractivity contribution is 5.47. The molecule has 0 radical (unpaired) electrons. The number of ether oxygens (including phenoxy) is 1. The molecule has 0 amide bonds. The van der Waals surface area contributed by atoms with Crippen LogP contribution in [-0.2, 0) is 24.9 Å². The molecule has 0 aliphatic heterocycles. The zero-order valence-corrected chi connectivity index (χ0v) is 12.1. The number of anilines is 2. The first-order valence-electron chi connectivity index (χ1n) is 6.57. The minimum absolute atomic E-state index is 0.407. The maximum Gasteiger partial charge on any atom is 0.158 e. The third-order valence-corrected chi connectivity index (χ3v) is 2.68. The summed E-state index contributed by atoms with van der Waals surface area (Å²) >= 11 is 0. The Kier molecular flexibility index (Phi) is 4.89. The van der Waals surface area contributed by atoms with Gasteiger partial charge in [0.2, 0.25) is 0 Å². The van der Waals surface area contributed by atoms with Crippen molar-refractivity contribution in [2.24, 2.45) is 7.05 Å². The Bertz CT molecular complexity index is 554. The third kappa shape index (κ3) is 3.92. The molecule has 2 heterocycles. The standard InChI is InChI=1S/C13H20N6O/c1-4-20-9-13-16-11(14-2)7-12(17-13)15-8-10-5-6-19(3)18-10/h5-7H,4,8-9H2,1-3H3,(H2,14,15,16,17). The van der Waals surface area contributed by atoms with E-state index in [1.54, 1.807) is 4.68 Å². The molecule has 0 unspecified atom stereocenters. The fourth-order valence-corrected chi connectivity index (χ4v) is 1.71. The molecule has 2 N–H and O–H groups in total. The van der Waals surface area contributed by atoms with Crippen LogP contribution >= 0.6 is 0 Å². The zero-order valence-electron chi connectivity index (χ0n) is 12.1. The van der Waals surface area contributed by atoms with Gasteiger partial charge in [0.25, 0.3) is 0 Å². The summed E-state index contributed by atoms with van der Waals surface area (Å²) in [4.78, 5) is 8.76. The second kappa shape index (κ2) is 6.85. The van der Waals surface area contributed by atoms with Crippen molar-refractivity contribution >= 4 is 11.6 Å². The molecule has 2 rings (SSSR count). The number of rotatable bonds is 7. The van der Waals surface area contributed by atoms with Gasteiger partial charge < -0.3 is 15.4 Å². The van der Waals surface area contributed by atoms with Crippen molar-refractivity contribution in [1.29, 1.82) is 0 Å². The van der Waals surface area contributed by atoms with Crippen LogP contribution in [0.4, 0.5) is 11.6 Å². The summed E-state index contributed by atoms with van der Waals surface area (Å²) < 4.78 is 7.12. The van der Waals surface area contributed by atoms with Crippen LogP contribution in [0.15, 0.2) is 18.3 Å².